The van der Waals surface area contributed by atoms with Crippen LogP contribution in [-0.2, 0) is 16.0 Å². The summed E-state index contributed by atoms with van der Waals surface area (Å²) in [6, 6.07) is 11.6. The highest BCUT2D eigenvalue weighted by atomic mass is 35.5. The number of rotatable bonds is 6. The Bertz CT molecular complexity index is 780. The largest absolute Gasteiger partial charge is 0.333 e. The molecule has 2 aromatic rings. The van der Waals surface area contributed by atoms with Crippen LogP contribution in [0.3, 0.4) is 0 Å². The van der Waals surface area contributed by atoms with Crippen molar-refractivity contribution < 1.29 is 14.0 Å². The molecule has 0 aromatic heterocycles. The molecule has 0 heterocycles. The fraction of sp³-hybridized carbons (Fsp3) is 0.263. The lowest BCUT2D eigenvalue weighted by Crippen LogP contribution is -2.38. The van der Waals surface area contributed by atoms with Gasteiger partial charge in [-0.1, -0.05) is 29.8 Å². The number of nitrogens with zero attached hydrogens (tertiary/aromatic N) is 1. The number of hydrogen-bond donors (Lipinski definition) is 1. The lowest BCUT2D eigenvalue weighted by Gasteiger charge is -2.21. The third kappa shape index (κ3) is 5.57. The smallest absolute Gasteiger partial charge is 0.244 e. The number of aryl methyl sites for hydroxylation is 1. The van der Waals surface area contributed by atoms with Gasteiger partial charge in [-0.05, 0) is 48.7 Å². The lowest BCUT2D eigenvalue weighted by molar-refractivity contribution is -0.132. The van der Waals surface area contributed by atoms with E-state index in [9.17, 15) is 14.0 Å². The molecule has 1 N–H and O–H groups in total. The van der Waals surface area contributed by atoms with Gasteiger partial charge < -0.3 is 10.2 Å². The second-order valence-electron chi connectivity index (χ2n) is 5.79. The number of anilines is 1. The van der Waals surface area contributed by atoms with Crippen molar-refractivity contribution in [1.29, 1.82) is 0 Å². The van der Waals surface area contributed by atoms with Crippen LogP contribution in [0.5, 0.6) is 0 Å². The van der Waals surface area contributed by atoms with Crippen LogP contribution in [0, 0.1) is 12.7 Å². The maximum absolute atomic E-state index is 13.7. The van der Waals surface area contributed by atoms with Crippen molar-refractivity contribution >= 4 is 29.1 Å². The van der Waals surface area contributed by atoms with Crippen LogP contribution in [0.4, 0.5) is 10.1 Å². The van der Waals surface area contributed by atoms with Gasteiger partial charge in [0.05, 0.1) is 6.54 Å². The van der Waals surface area contributed by atoms with Crippen molar-refractivity contribution in [2.75, 3.05) is 18.4 Å². The quantitative estimate of drug-likeness (QED) is 0.849. The van der Waals surface area contributed by atoms with E-state index in [1.165, 1.54) is 17.9 Å². The molecule has 0 aliphatic carbocycles. The summed E-state index contributed by atoms with van der Waals surface area (Å²) in [6.45, 7) is 3.40. The molecule has 0 saturated heterocycles. The number of nitrogens with one attached hydrogen (secondary N) is 1. The summed E-state index contributed by atoms with van der Waals surface area (Å²) in [4.78, 5) is 25.4. The summed E-state index contributed by atoms with van der Waals surface area (Å²) in [5.74, 6) is -0.860. The Kier molecular flexibility index (Phi) is 6.53. The van der Waals surface area contributed by atoms with Crippen molar-refractivity contribution in [2.24, 2.45) is 0 Å². The van der Waals surface area contributed by atoms with Crippen LogP contribution in [0.25, 0.3) is 0 Å². The number of benzene rings is 2. The van der Waals surface area contributed by atoms with Gasteiger partial charge >= 0.3 is 0 Å². The topological polar surface area (TPSA) is 49.4 Å². The molecule has 2 rings (SSSR count). The highest BCUT2D eigenvalue weighted by Gasteiger charge is 2.15. The fourth-order valence-electron chi connectivity index (χ4n) is 2.43. The van der Waals surface area contributed by atoms with Crippen LogP contribution < -0.4 is 5.32 Å². The van der Waals surface area contributed by atoms with E-state index in [2.05, 4.69) is 5.32 Å². The minimum absolute atomic E-state index is 0.0914. The predicted octanol–water partition coefficient (Wildman–Crippen LogP) is 3.82. The number of halogens is 2. The second kappa shape index (κ2) is 8.62. The molecule has 25 heavy (non-hydrogen) atoms. The Morgan fingerprint density at radius 2 is 1.92 bits per heavy atom. The van der Waals surface area contributed by atoms with E-state index in [0.717, 1.165) is 5.56 Å². The van der Waals surface area contributed by atoms with Gasteiger partial charge in [-0.25, -0.2) is 4.39 Å². The minimum Gasteiger partial charge on any atom is -0.333 e. The third-order valence-corrected chi connectivity index (χ3v) is 4.09. The first-order chi connectivity index (χ1) is 11.9. The van der Waals surface area contributed by atoms with Gasteiger partial charge in [0.2, 0.25) is 11.8 Å². The van der Waals surface area contributed by atoms with Gasteiger partial charge in [-0.15, -0.1) is 0 Å². The molecule has 132 valence electrons. The number of hydrogen-bond acceptors (Lipinski definition) is 2. The SMILES string of the molecule is CC(=O)N(CCc1ccccc1F)CC(=O)Nc1ccc(Cl)cc1C. The van der Waals surface area contributed by atoms with Gasteiger partial charge in [0.1, 0.15) is 5.82 Å². The Morgan fingerprint density at radius 1 is 1.20 bits per heavy atom. The van der Waals surface area contributed by atoms with Gasteiger partial charge in [-0.3, -0.25) is 9.59 Å². The summed E-state index contributed by atoms with van der Waals surface area (Å²) in [6.07, 6.45) is 0.347. The maximum Gasteiger partial charge on any atom is 0.244 e. The zero-order chi connectivity index (χ0) is 18.4. The third-order valence-electron chi connectivity index (χ3n) is 3.85. The van der Waals surface area contributed by atoms with E-state index >= 15 is 0 Å². The highest BCUT2D eigenvalue weighted by molar-refractivity contribution is 6.30. The second-order valence-corrected chi connectivity index (χ2v) is 6.23. The van der Waals surface area contributed by atoms with E-state index in [1.54, 1.807) is 36.4 Å². The molecule has 0 atom stereocenters. The van der Waals surface area contributed by atoms with E-state index in [-0.39, 0.29) is 30.7 Å². The Balaban J connectivity index is 1.97. The molecule has 2 amide bonds. The first kappa shape index (κ1) is 18.9. The molecule has 6 heteroatoms. The molecular formula is C19H20ClFN2O2. The first-order valence-corrected chi connectivity index (χ1v) is 8.29. The van der Waals surface area contributed by atoms with Crippen molar-refractivity contribution in [2.45, 2.75) is 20.3 Å². The van der Waals surface area contributed by atoms with Gasteiger partial charge in [0, 0.05) is 24.2 Å². The molecule has 0 aliphatic heterocycles. The predicted molar refractivity (Wildman–Crippen MR) is 97.2 cm³/mol. The van der Waals surface area contributed by atoms with Gasteiger partial charge in [0.15, 0.2) is 0 Å². The fourth-order valence-corrected chi connectivity index (χ4v) is 2.66. The molecular weight excluding hydrogens is 343 g/mol. The van der Waals surface area contributed by atoms with E-state index < -0.39 is 0 Å². The molecule has 0 aliphatic rings. The number of carbonyl (C=O) groups is 2. The van der Waals surface area contributed by atoms with E-state index in [4.69, 9.17) is 11.6 Å². The minimum atomic E-state index is -0.313. The van der Waals surface area contributed by atoms with Crippen LogP contribution in [0.1, 0.15) is 18.1 Å². The molecule has 0 spiro atoms. The average Bonchev–Trinajstić information content (AvgIpc) is 2.55. The monoisotopic (exact) mass is 362 g/mol. The van der Waals surface area contributed by atoms with Crippen LogP contribution in [0.2, 0.25) is 5.02 Å². The molecule has 2 aromatic carbocycles. The zero-order valence-electron chi connectivity index (χ0n) is 14.2. The summed E-state index contributed by atoms with van der Waals surface area (Å²) in [7, 11) is 0. The first-order valence-electron chi connectivity index (χ1n) is 7.91. The number of amides is 2. The number of carbonyl (C=O) groups excluding carboxylic acids is 2. The van der Waals surface area contributed by atoms with Crippen molar-refractivity contribution in [3.8, 4) is 0 Å². The van der Waals surface area contributed by atoms with Crippen LogP contribution >= 0.6 is 11.6 Å². The Labute approximate surface area is 151 Å². The molecule has 4 nitrogen and oxygen atoms in total. The molecule has 0 bridgehead atoms. The highest BCUT2D eigenvalue weighted by Crippen LogP contribution is 2.19. The molecule has 0 unspecified atom stereocenters. The summed E-state index contributed by atoms with van der Waals surface area (Å²) in [5, 5.41) is 3.36. The Morgan fingerprint density at radius 3 is 2.56 bits per heavy atom. The van der Waals surface area contributed by atoms with Crippen molar-refractivity contribution in [3.63, 3.8) is 0 Å². The Hall–Kier alpha value is -2.40. The van der Waals surface area contributed by atoms with Crippen molar-refractivity contribution in [3.05, 3.63) is 64.4 Å². The molecule has 0 saturated carbocycles. The van der Waals surface area contributed by atoms with Crippen LogP contribution in [0.15, 0.2) is 42.5 Å². The van der Waals surface area contributed by atoms with Crippen molar-refractivity contribution in [1.82, 2.24) is 4.90 Å². The van der Waals surface area contributed by atoms with Crippen LogP contribution in [-0.4, -0.2) is 29.8 Å². The maximum atomic E-state index is 13.7. The summed E-state index contributed by atoms with van der Waals surface area (Å²) in [5.41, 5.74) is 2.00. The van der Waals surface area contributed by atoms with E-state index in [1.807, 2.05) is 6.92 Å². The molecule has 0 fully saturated rings. The zero-order valence-corrected chi connectivity index (χ0v) is 14.9. The summed E-state index contributed by atoms with van der Waals surface area (Å²) >= 11 is 5.90. The van der Waals surface area contributed by atoms with E-state index in [0.29, 0.717) is 22.7 Å². The van der Waals surface area contributed by atoms with Gasteiger partial charge in [-0.2, -0.15) is 0 Å². The average molecular weight is 363 g/mol. The van der Waals surface area contributed by atoms with Gasteiger partial charge in [0.25, 0.3) is 0 Å². The lowest BCUT2D eigenvalue weighted by atomic mass is 10.1. The normalized spacial score (nSPS) is 10.4. The molecule has 0 radical (unpaired) electrons. The summed E-state index contributed by atoms with van der Waals surface area (Å²) < 4.78 is 13.7. The standard InChI is InChI=1S/C19H20ClFN2O2/c1-13-11-16(20)7-8-18(13)22-19(25)12-23(14(2)24)10-9-15-5-3-4-6-17(15)21/h3-8,11H,9-10,12H2,1-2H3,(H,22,25).